The average Bonchev–Trinajstić information content (AvgIpc) is 2.37. The fourth-order valence-corrected chi connectivity index (χ4v) is 2.08. The average molecular weight is 291 g/mol. The first kappa shape index (κ1) is 14.9. The predicted octanol–water partition coefficient (Wildman–Crippen LogP) is 3.89. The lowest BCUT2D eigenvalue weighted by Gasteiger charge is -2.14. The van der Waals surface area contributed by atoms with Crippen molar-refractivity contribution in [1.29, 1.82) is 0 Å². The number of aryl methyl sites for hydroxylation is 1. The van der Waals surface area contributed by atoms with E-state index in [0.29, 0.717) is 5.56 Å². The lowest BCUT2D eigenvalue weighted by molar-refractivity contribution is -0.386. The summed E-state index contributed by atoms with van der Waals surface area (Å²) in [5, 5.41) is 20.8. The van der Waals surface area contributed by atoms with Crippen LogP contribution in [0.3, 0.4) is 0 Å². The molecule has 21 heavy (non-hydrogen) atoms. The summed E-state index contributed by atoms with van der Waals surface area (Å²) in [4.78, 5) is 10.6. The van der Waals surface area contributed by atoms with Gasteiger partial charge >= 0.3 is 5.69 Å². The second kappa shape index (κ2) is 5.88. The zero-order valence-electron chi connectivity index (χ0n) is 11.5. The molecule has 0 saturated heterocycles. The van der Waals surface area contributed by atoms with E-state index in [0.717, 1.165) is 0 Å². The van der Waals surface area contributed by atoms with Gasteiger partial charge in [0.2, 0.25) is 5.75 Å². The van der Waals surface area contributed by atoms with Crippen LogP contribution in [-0.2, 0) is 0 Å². The first-order valence-electron chi connectivity index (χ1n) is 6.30. The third-order valence-electron chi connectivity index (χ3n) is 3.03. The molecule has 0 radical (unpaired) electrons. The predicted molar refractivity (Wildman–Crippen MR) is 74.9 cm³/mol. The molecule has 0 saturated carbocycles. The highest BCUT2D eigenvalue weighted by atomic mass is 19.1. The van der Waals surface area contributed by atoms with E-state index in [2.05, 4.69) is 0 Å². The second-order valence-corrected chi connectivity index (χ2v) is 4.61. The third-order valence-corrected chi connectivity index (χ3v) is 3.03. The standard InChI is InChI=1S/C15H14FNO4/c1-9-5-3-8-13(15(9)17(19)20)21-12-7-4-6-11(16)14(12)10(2)18/h3-8,10,18H,1-2H3. The summed E-state index contributed by atoms with van der Waals surface area (Å²) < 4.78 is 19.3. The van der Waals surface area contributed by atoms with Gasteiger partial charge in [-0.3, -0.25) is 10.1 Å². The summed E-state index contributed by atoms with van der Waals surface area (Å²) in [7, 11) is 0. The van der Waals surface area contributed by atoms with E-state index in [1.165, 1.54) is 31.2 Å². The summed E-state index contributed by atoms with van der Waals surface area (Å²) in [6.45, 7) is 2.99. The normalized spacial score (nSPS) is 12.0. The summed E-state index contributed by atoms with van der Waals surface area (Å²) in [6, 6.07) is 8.70. The molecular formula is C15H14FNO4. The molecule has 5 nitrogen and oxygen atoms in total. The Morgan fingerprint density at radius 2 is 1.86 bits per heavy atom. The van der Waals surface area contributed by atoms with Crippen molar-refractivity contribution in [2.45, 2.75) is 20.0 Å². The molecule has 110 valence electrons. The van der Waals surface area contributed by atoms with Crippen LogP contribution in [0.2, 0.25) is 0 Å². The van der Waals surface area contributed by atoms with E-state index in [4.69, 9.17) is 4.74 Å². The minimum atomic E-state index is -1.09. The number of halogens is 1. The highest BCUT2D eigenvalue weighted by Gasteiger charge is 2.21. The summed E-state index contributed by atoms with van der Waals surface area (Å²) in [5.74, 6) is -0.566. The molecular weight excluding hydrogens is 277 g/mol. The lowest BCUT2D eigenvalue weighted by Crippen LogP contribution is -2.01. The molecule has 2 aromatic rings. The first-order valence-corrected chi connectivity index (χ1v) is 6.30. The smallest absolute Gasteiger partial charge is 0.314 e. The minimum absolute atomic E-state index is 0.00694. The van der Waals surface area contributed by atoms with E-state index in [1.807, 2.05) is 0 Å². The van der Waals surface area contributed by atoms with E-state index in [1.54, 1.807) is 19.1 Å². The van der Waals surface area contributed by atoms with Crippen LogP contribution >= 0.6 is 0 Å². The monoisotopic (exact) mass is 291 g/mol. The van der Waals surface area contributed by atoms with Gasteiger partial charge in [0.25, 0.3) is 0 Å². The summed E-state index contributed by atoms with van der Waals surface area (Å²) >= 11 is 0. The van der Waals surface area contributed by atoms with Gasteiger partial charge in [-0.1, -0.05) is 18.2 Å². The molecule has 0 aromatic heterocycles. The third kappa shape index (κ3) is 3.00. The van der Waals surface area contributed by atoms with Crippen molar-refractivity contribution < 1.29 is 19.2 Å². The van der Waals surface area contributed by atoms with Gasteiger partial charge in [-0.25, -0.2) is 4.39 Å². The van der Waals surface area contributed by atoms with Gasteiger partial charge < -0.3 is 9.84 Å². The molecule has 0 aliphatic carbocycles. The van der Waals surface area contributed by atoms with Gasteiger partial charge in [0.1, 0.15) is 11.6 Å². The van der Waals surface area contributed by atoms with Gasteiger partial charge in [-0.15, -0.1) is 0 Å². The van der Waals surface area contributed by atoms with Crippen molar-refractivity contribution in [3.05, 3.63) is 63.5 Å². The molecule has 0 amide bonds. The quantitative estimate of drug-likeness (QED) is 0.685. The SMILES string of the molecule is Cc1cccc(Oc2cccc(F)c2C(C)O)c1[N+](=O)[O-]. The number of nitrogens with zero attached hydrogens (tertiary/aromatic N) is 1. The van der Waals surface area contributed by atoms with Gasteiger partial charge in [0.05, 0.1) is 16.6 Å². The van der Waals surface area contributed by atoms with Crippen LogP contribution in [0.4, 0.5) is 10.1 Å². The molecule has 2 rings (SSSR count). The topological polar surface area (TPSA) is 72.6 Å². The highest BCUT2D eigenvalue weighted by molar-refractivity contribution is 5.54. The zero-order chi connectivity index (χ0) is 15.6. The van der Waals surface area contributed by atoms with Crippen LogP contribution < -0.4 is 4.74 Å². The fraction of sp³-hybridized carbons (Fsp3) is 0.200. The van der Waals surface area contributed by atoms with Crippen LogP contribution in [0.25, 0.3) is 0 Å². The number of benzene rings is 2. The molecule has 0 heterocycles. The number of nitro groups is 1. The van der Waals surface area contributed by atoms with Gasteiger partial charge in [-0.05, 0) is 32.0 Å². The van der Waals surface area contributed by atoms with Crippen LogP contribution in [0.5, 0.6) is 11.5 Å². The summed E-state index contributed by atoms with van der Waals surface area (Å²) in [5.41, 5.74) is 0.221. The number of hydrogen-bond acceptors (Lipinski definition) is 4. The van der Waals surface area contributed by atoms with Crippen molar-refractivity contribution in [2.75, 3.05) is 0 Å². The Kier molecular flexibility index (Phi) is 4.18. The van der Waals surface area contributed by atoms with Crippen LogP contribution in [0.1, 0.15) is 24.2 Å². The van der Waals surface area contributed by atoms with Crippen molar-refractivity contribution in [2.24, 2.45) is 0 Å². The van der Waals surface area contributed by atoms with Crippen molar-refractivity contribution >= 4 is 5.69 Å². The van der Waals surface area contributed by atoms with Crippen LogP contribution in [-0.4, -0.2) is 10.0 Å². The van der Waals surface area contributed by atoms with Crippen molar-refractivity contribution in [3.63, 3.8) is 0 Å². The first-order chi connectivity index (χ1) is 9.91. The molecule has 1 unspecified atom stereocenters. The van der Waals surface area contributed by atoms with Crippen molar-refractivity contribution in [1.82, 2.24) is 0 Å². The number of ether oxygens (including phenoxy) is 1. The Bertz CT molecular complexity index is 685. The Morgan fingerprint density at radius 1 is 1.24 bits per heavy atom. The van der Waals surface area contributed by atoms with E-state index < -0.39 is 16.8 Å². The molecule has 0 aliphatic heterocycles. The maximum atomic E-state index is 13.8. The van der Waals surface area contributed by atoms with Crippen LogP contribution in [0.15, 0.2) is 36.4 Å². The van der Waals surface area contributed by atoms with Crippen LogP contribution in [0, 0.1) is 22.9 Å². The maximum absolute atomic E-state index is 13.8. The molecule has 0 fully saturated rings. The number of para-hydroxylation sites is 1. The molecule has 1 atom stereocenters. The molecule has 6 heteroatoms. The highest BCUT2D eigenvalue weighted by Crippen LogP contribution is 2.37. The Hall–Kier alpha value is -2.47. The number of aliphatic hydroxyl groups excluding tert-OH is 1. The Morgan fingerprint density at radius 3 is 2.48 bits per heavy atom. The minimum Gasteiger partial charge on any atom is -0.450 e. The maximum Gasteiger partial charge on any atom is 0.314 e. The molecule has 0 aliphatic rings. The van der Waals surface area contributed by atoms with Crippen molar-refractivity contribution in [3.8, 4) is 11.5 Å². The molecule has 2 aromatic carbocycles. The Labute approximate surface area is 120 Å². The molecule has 0 bridgehead atoms. The van der Waals surface area contributed by atoms with E-state index in [-0.39, 0.29) is 22.7 Å². The zero-order valence-corrected chi connectivity index (χ0v) is 11.5. The fourth-order valence-electron chi connectivity index (χ4n) is 2.08. The largest absolute Gasteiger partial charge is 0.450 e. The number of nitro benzene ring substituents is 1. The molecule has 0 spiro atoms. The molecule has 1 N–H and O–H groups in total. The number of hydrogen-bond donors (Lipinski definition) is 1. The van der Waals surface area contributed by atoms with Gasteiger partial charge in [0.15, 0.2) is 0 Å². The summed E-state index contributed by atoms with van der Waals surface area (Å²) in [6.07, 6.45) is -1.09. The number of rotatable bonds is 4. The van der Waals surface area contributed by atoms with Gasteiger partial charge in [0, 0.05) is 5.56 Å². The second-order valence-electron chi connectivity index (χ2n) is 4.61. The number of aliphatic hydroxyl groups is 1. The van der Waals surface area contributed by atoms with Gasteiger partial charge in [-0.2, -0.15) is 0 Å². The lowest BCUT2D eigenvalue weighted by atomic mass is 10.1. The Balaban J connectivity index is 2.52. The van der Waals surface area contributed by atoms with E-state index >= 15 is 0 Å². The van der Waals surface area contributed by atoms with E-state index in [9.17, 15) is 19.6 Å².